The van der Waals surface area contributed by atoms with Crippen LogP contribution in [0, 0.1) is 0 Å². The lowest BCUT2D eigenvalue weighted by Gasteiger charge is -1.91. The SMILES string of the molecule is CCCCC/C=C/C/C=C/C/C=C/CCCCC. The fourth-order valence-corrected chi connectivity index (χ4v) is 1.80. The number of unbranched alkanes of at least 4 members (excludes halogenated alkanes) is 6. The highest BCUT2D eigenvalue weighted by atomic mass is 13.9. The van der Waals surface area contributed by atoms with E-state index in [0.29, 0.717) is 0 Å². The van der Waals surface area contributed by atoms with Gasteiger partial charge in [0.05, 0.1) is 0 Å². The maximum absolute atomic E-state index is 2.32. The molecule has 0 rings (SSSR count). The number of rotatable bonds is 12. The molecule has 0 atom stereocenters. The normalized spacial score (nSPS) is 12.3. The molecule has 0 spiro atoms. The molecule has 104 valence electrons. The third kappa shape index (κ3) is 15.2. The summed E-state index contributed by atoms with van der Waals surface area (Å²) in [7, 11) is 0. The maximum Gasteiger partial charge on any atom is -0.0169 e. The van der Waals surface area contributed by atoms with Crippen LogP contribution in [0.4, 0.5) is 0 Å². The molecule has 0 saturated carbocycles. The van der Waals surface area contributed by atoms with Crippen LogP contribution in [0.1, 0.15) is 78.1 Å². The first-order chi connectivity index (χ1) is 8.91. The van der Waals surface area contributed by atoms with Crippen LogP contribution >= 0.6 is 0 Å². The van der Waals surface area contributed by atoms with Gasteiger partial charge in [-0.1, -0.05) is 76.0 Å². The second-order valence-corrected chi connectivity index (χ2v) is 4.88. The predicted octanol–water partition coefficient (Wildman–Crippen LogP) is 6.60. The van der Waals surface area contributed by atoms with Gasteiger partial charge in [0, 0.05) is 0 Å². The number of hydrogen-bond donors (Lipinski definition) is 0. The van der Waals surface area contributed by atoms with Crippen LogP contribution in [0.3, 0.4) is 0 Å². The van der Waals surface area contributed by atoms with Gasteiger partial charge in [-0.05, 0) is 38.5 Å². The average molecular weight is 248 g/mol. The Morgan fingerprint density at radius 3 is 1.28 bits per heavy atom. The Morgan fingerprint density at radius 1 is 0.500 bits per heavy atom. The van der Waals surface area contributed by atoms with Crippen molar-refractivity contribution >= 4 is 0 Å². The summed E-state index contributed by atoms with van der Waals surface area (Å²) in [5.41, 5.74) is 0. The van der Waals surface area contributed by atoms with E-state index in [1.54, 1.807) is 0 Å². The zero-order chi connectivity index (χ0) is 13.3. The van der Waals surface area contributed by atoms with E-state index in [9.17, 15) is 0 Å². The Labute approximate surface area is 115 Å². The quantitative estimate of drug-likeness (QED) is 0.270. The molecule has 0 N–H and O–H groups in total. The van der Waals surface area contributed by atoms with E-state index in [1.165, 1.54) is 51.4 Å². The summed E-state index contributed by atoms with van der Waals surface area (Å²) in [5, 5.41) is 0. The predicted molar refractivity (Wildman–Crippen MR) is 84.9 cm³/mol. The smallest absolute Gasteiger partial charge is 0.0169 e. The highest BCUT2D eigenvalue weighted by Crippen LogP contribution is 2.02. The first-order valence-corrected chi connectivity index (χ1v) is 7.86. The summed E-state index contributed by atoms with van der Waals surface area (Å²) >= 11 is 0. The number of allylic oxidation sites excluding steroid dienone is 6. The van der Waals surface area contributed by atoms with E-state index >= 15 is 0 Å². The van der Waals surface area contributed by atoms with Gasteiger partial charge in [0.25, 0.3) is 0 Å². The monoisotopic (exact) mass is 248 g/mol. The van der Waals surface area contributed by atoms with Crippen molar-refractivity contribution in [1.29, 1.82) is 0 Å². The molecule has 0 fully saturated rings. The van der Waals surface area contributed by atoms with E-state index in [2.05, 4.69) is 50.3 Å². The minimum atomic E-state index is 1.09. The summed E-state index contributed by atoms with van der Waals surface area (Å²) in [4.78, 5) is 0. The zero-order valence-corrected chi connectivity index (χ0v) is 12.5. The van der Waals surface area contributed by atoms with Crippen LogP contribution in [0.2, 0.25) is 0 Å². The molecule has 0 heterocycles. The van der Waals surface area contributed by atoms with Gasteiger partial charge in [-0.15, -0.1) is 0 Å². The van der Waals surface area contributed by atoms with Crippen LogP contribution in [0.5, 0.6) is 0 Å². The first kappa shape index (κ1) is 17.2. The fraction of sp³-hybridized carbons (Fsp3) is 0.667. The zero-order valence-electron chi connectivity index (χ0n) is 12.5. The van der Waals surface area contributed by atoms with Gasteiger partial charge in [0.1, 0.15) is 0 Å². The van der Waals surface area contributed by atoms with Crippen molar-refractivity contribution in [3.63, 3.8) is 0 Å². The van der Waals surface area contributed by atoms with Gasteiger partial charge in [-0.2, -0.15) is 0 Å². The van der Waals surface area contributed by atoms with E-state index in [4.69, 9.17) is 0 Å². The van der Waals surface area contributed by atoms with Gasteiger partial charge >= 0.3 is 0 Å². The summed E-state index contributed by atoms with van der Waals surface area (Å²) < 4.78 is 0. The largest absolute Gasteiger partial charge is 0.0882 e. The van der Waals surface area contributed by atoms with Crippen LogP contribution in [0.25, 0.3) is 0 Å². The number of hydrogen-bond acceptors (Lipinski definition) is 0. The van der Waals surface area contributed by atoms with Gasteiger partial charge in [0.2, 0.25) is 0 Å². The third-order valence-electron chi connectivity index (χ3n) is 2.99. The lowest BCUT2D eigenvalue weighted by atomic mass is 10.2. The van der Waals surface area contributed by atoms with E-state index in [0.717, 1.165) is 12.8 Å². The van der Waals surface area contributed by atoms with Gasteiger partial charge in [0.15, 0.2) is 0 Å². The Kier molecular flexibility index (Phi) is 15.5. The van der Waals surface area contributed by atoms with Crippen molar-refractivity contribution in [1.82, 2.24) is 0 Å². The maximum atomic E-state index is 2.32. The Bertz CT molecular complexity index is 196. The van der Waals surface area contributed by atoms with Crippen molar-refractivity contribution in [2.45, 2.75) is 78.1 Å². The molecule has 0 amide bonds. The van der Waals surface area contributed by atoms with Crippen molar-refractivity contribution < 1.29 is 0 Å². The highest BCUT2D eigenvalue weighted by Gasteiger charge is 1.81. The molecule has 0 aromatic carbocycles. The summed E-state index contributed by atoms with van der Waals surface area (Å²) in [6.07, 6.45) is 26.5. The van der Waals surface area contributed by atoms with E-state index < -0.39 is 0 Å². The molecule has 0 saturated heterocycles. The average Bonchev–Trinajstić information content (AvgIpc) is 2.39. The topological polar surface area (TPSA) is 0 Å². The summed E-state index contributed by atoms with van der Waals surface area (Å²) in [6, 6.07) is 0. The molecular formula is C18H32. The highest BCUT2D eigenvalue weighted by molar-refractivity contribution is 4.97. The Balaban J connectivity index is 3.27. The molecule has 0 aliphatic rings. The lowest BCUT2D eigenvalue weighted by Crippen LogP contribution is -1.71. The van der Waals surface area contributed by atoms with Gasteiger partial charge in [-0.3, -0.25) is 0 Å². The Morgan fingerprint density at radius 2 is 0.889 bits per heavy atom. The van der Waals surface area contributed by atoms with Gasteiger partial charge < -0.3 is 0 Å². The summed E-state index contributed by atoms with van der Waals surface area (Å²) in [6.45, 7) is 4.50. The van der Waals surface area contributed by atoms with Crippen LogP contribution < -0.4 is 0 Å². The van der Waals surface area contributed by atoms with Crippen LogP contribution in [-0.2, 0) is 0 Å². The molecule has 0 bridgehead atoms. The molecule has 0 nitrogen and oxygen atoms in total. The molecule has 0 aliphatic carbocycles. The standard InChI is InChI=1S/C18H32/c1-3-5-7-9-11-13-15-17-18-16-14-12-10-8-6-4-2/h11-14,17-18H,3-10,15-16H2,1-2H3/b13-11+,14-12+,18-17+. The van der Waals surface area contributed by atoms with E-state index in [1.807, 2.05) is 0 Å². The minimum absolute atomic E-state index is 1.09. The van der Waals surface area contributed by atoms with Crippen molar-refractivity contribution in [3.05, 3.63) is 36.5 Å². The molecule has 18 heavy (non-hydrogen) atoms. The minimum Gasteiger partial charge on any atom is -0.0882 e. The van der Waals surface area contributed by atoms with Crippen LogP contribution in [0.15, 0.2) is 36.5 Å². The van der Waals surface area contributed by atoms with E-state index in [-0.39, 0.29) is 0 Å². The summed E-state index contributed by atoms with van der Waals surface area (Å²) in [5.74, 6) is 0. The molecule has 0 aromatic heterocycles. The molecule has 0 unspecified atom stereocenters. The third-order valence-corrected chi connectivity index (χ3v) is 2.99. The van der Waals surface area contributed by atoms with Gasteiger partial charge in [-0.25, -0.2) is 0 Å². The van der Waals surface area contributed by atoms with Crippen molar-refractivity contribution in [2.75, 3.05) is 0 Å². The second kappa shape index (κ2) is 16.2. The Hall–Kier alpha value is -0.780. The molecule has 0 aliphatic heterocycles. The molecule has 0 heteroatoms. The molecular weight excluding hydrogens is 216 g/mol. The first-order valence-electron chi connectivity index (χ1n) is 7.86. The van der Waals surface area contributed by atoms with Crippen molar-refractivity contribution in [3.8, 4) is 0 Å². The molecule has 0 aromatic rings. The second-order valence-electron chi connectivity index (χ2n) is 4.88. The fourth-order valence-electron chi connectivity index (χ4n) is 1.80. The van der Waals surface area contributed by atoms with Crippen molar-refractivity contribution in [2.24, 2.45) is 0 Å². The lowest BCUT2D eigenvalue weighted by molar-refractivity contribution is 0.728. The van der Waals surface area contributed by atoms with Crippen LogP contribution in [-0.4, -0.2) is 0 Å². The molecule has 0 radical (unpaired) electrons.